The molecule has 2 aromatic carbocycles. The Kier molecular flexibility index (Phi) is 7.84. The van der Waals surface area contributed by atoms with Gasteiger partial charge in [0.2, 0.25) is 5.91 Å². The lowest BCUT2D eigenvalue weighted by Crippen LogP contribution is -2.28. The first kappa shape index (κ1) is 22.8. The third-order valence-corrected chi connectivity index (χ3v) is 7.58. The Balaban J connectivity index is 1.25. The fourth-order valence-corrected chi connectivity index (χ4v) is 5.51. The number of carbonyl (C=O) groups is 2. The van der Waals surface area contributed by atoms with Gasteiger partial charge in [0.25, 0.3) is 5.91 Å². The molecule has 32 heavy (non-hydrogen) atoms. The van der Waals surface area contributed by atoms with Gasteiger partial charge in [0.1, 0.15) is 11.1 Å². The number of benzene rings is 2. The molecule has 0 radical (unpaired) electrons. The summed E-state index contributed by atoms with van der Waals surface area (Å²) in [6, 6.07) is 19.0. The van der Waals surface area contributed by atoms with Crippen LogP contribution in [-0.4, -0.2) is 34.8 Å². The van der Waals surface area contributed by atoms with E-state index in [1.165, 1.54) is 5.56 Å². The van der Waals surface area contributed by atoms with Gasteiger partial charge in [0.05, 0.1) is 18.6 Å². The first-order chi connectivity index (χ1) is 15.6. The summed E-state index contributed by atoms with van der Waals surface area (Å²) in [6.45, 7) is 1.04. The third-order valence-electron chi connectivity index (χ3n) is 5.05. The van der Waals surface area contributed by atoms with Gasteiger partial charge in [-0.3, -0.25) is 9.59 Å². The lowest BCUT2D eigenvalue weighted by atomic mass is 10.1. The number of amides is 2. The van der Waals surface area contributed by atoms with Crippen LogP contribution in [0.1, 0.15) is 32.6 Å². The second kappa shape index (κ2) is 11.0. The van der Waals surface area contributed by atoms with Crippen molar-refractivity contribution in [1.82, 2.24) is 10.2 Å². The van der Waals surface area contributed by atoms with E-state index in [4.69, 9.17) is 16.0 Å². The largest absolute Gasteiger partial charge is 0.467 e. The summed E-state index contributed by atoms with van der Waals surface area (Å²) in [5.74, 6) is 2.92. The molecule has 4 rings (SSSR count). The van der Waals surface area contributed by atoms with Crippen LogP contribution in [0.25, 0.3) is 0 Å². The van der Waals surface area contributed by atoms with E-state index >= 15 is 0 Å². The van der Waals surface area contributed by atoms with Gasteiger partial charge in [-0.25, -0.2) is 0 Å². The van der Waals surface area contributed by atoms with Crippen LogP contribution in [-0.2, 0) is 17.1 Å². The Hall–Kier alpha value is -2.35. The minimum absolute atomic E-state index is 0.0750. The molecule has 5 nitrogen and oxygen atoms in total. The van der Waals surface area contributed by atoms with E-state index in [0.29, 0.717) is 24.4 Å². The fraction of sp³-hybridized carbons (Fsp3) is 0.250. The number of hydrogen-bond acceptors (Lipinski definition) is 5. The van der Waals surface area contributed by atoms with E-state index < -0.39 is 0 Å². The first-order valence-corrected chi connectivity index (χ1v) is 12.8. The summed E-state index contributed by atoms with van der Waals surface area (Å²) in [6.07, 6.45) is 1.61. The molecule has 0 spiro atoms. The second-order valence-electron chi connectivity index (χ2n) is 7.32. The van der Waals surface area contributed by atoms with Crippen molar-refractivity contribution in [1.29, 1.82) is 0 Å². The number of furan rings is 1. The molecule has 0 aliphatic carbocycles. The second-order valence-corrected chi connectivity index (χ2v) is 9.93. The molecule has 1 atom stereocenters. The summed E-state index contributed by atoms with van der Waals surface area (Å²) in [4.78, 5) is 26.6. The van der Waals surface area contributed by atoms with Gasteiger partial charge in [-0.05, 0) is 47.5 Å². The van der Waals surface area contributed by atoms with Gasteiger partial charge >= 0.3 is 0 Å². The number of hydrogen-bond donors (Lipinski definition) is 1. The monoisotopic (exact) mass is 486 g/mol. The van der Waals surface area contributed by atoms with E-state index in [9.17, 15) is 9.59 Å². The van der Waals surface area contributed by atoms with Crippen LogP contribution in [0.4, 0.5) is 0 Å². The van der Waals surface area contributed by atoms with Crippen LogP contribution < -0.4 is 5.32 Å². The van der Waals surface area contributed by atoms with Gasteiger partial charge in [0.15, 0.2) is 0 Å². The number of carbonyl (C=O) groups excluding carboxylic acids is 2. The number of nitrogens with one attached hydrogen (secondary N) is 1. The van der Waals surface area contributed by atoms with Crippen molar-refractivity contribution in [2.45, 2.75) is 17.7 Å². The van der Waals surface area contributed by atoms with Crippen molar-refractivity contribution in [3.8, 4) is 0 Å². The fourth-order valence-electron chi connectivity index (χ4n) is 3.38. The molecule has 1 aliphatic rings. The number of halogens is 1. The normalized spacial score (nSPS) is 15.8. The first-order valence-electron chi connectivity index (χ1n) is 10.2. The predicted octanol–water partition coefficient (Wildman–Crippen LogP) is 5.37. The molecule has 1 unspecified atom stereocenters. The lowest BCUT2D eigenvalue weighted by Gasteiger charge is -2.23. The highest BCUT2D eigenvalue weighted by Crippen LogP contribution is 2.39. The maximum atomic E-state index is 12.5. The standard InChI is InChI=1S/C24H23ClN2O3S2/c25-20-9-3-17(4-10-20)15-31-13-11-26-23(29)18-5-7-19(8-6-18)24-27(22(28)16-32-24)14-21-2-1-12-30-21/h1-10,12,24H,11,13-16H2,(H,26,29). The van der Waals surface area contributed by atoms with Gasteiger partial charge in [-0.15, -0.1) is 11.8 Å². The van der Waals surface area contributed by atoms with Crippen molar-refractivity contribution in [3.63, 3.8) is 0 Å². The molecule has 8 heteroatoms. The van der Waals surface area contributed by atoms with Crippen molar-refractivity contribution in [3.05, 3.63) is 94.4 Å². The molecule has 0 bridgehead atoms. The van der Waals surface area contributed by atoms with Crippen molar-refractivity contribution in [2.75, 3.05) is 18.1 Å². The maximum Gasteiger partial charge on any atom is 0.251 e. The zero-order valence-corrected chi connectivity index (χ0v) is 19.7. The summed E-state index contributed by atoms with van der Waals surface area (Å²) >= 11 is 9.26. The molecule has 3 aromatic rings. The van der Waals surface area contributed by atoms with Crippen molar-refractivity contribution >= 4 is 46.9 Å². The highest BCUT2D eigenvalue weighted by atomic mass is 35.5. The van der Waals surface area contributed by atoms with E-state index in [-0.39, 0.29) is 17.2 Å². The Morgan fingerprint density at radius 3 is 2.66 bits per heavy atom. The lowest BCUT2D eigenvalue weighted by molar-refractivity contribution is -0.128. The predicted molar refractivity (Wildman–Crippen MR) is 131 cm³/mol. The van der Waals surface area contributed by atoms with E-state index in [1.807, 2.05) is 65.6 Å². The van der Waals surface area contributed by atoms with Crippen LogP contribution in [0.2, 0.25) is 5.02 Å². The van der Waals surface area contributed by atoms with E-state index in [1.54, 1.807) is 29.8 Å². The zero-order chi connectivity index (χ0) is 22.3. The molecule has 1 N–H and O–H groups in total. The topological polar surface area (TPSA) is 62.6 Å². The van der Waals surface area contributed by atoms with Crippen LogP contribution >= 0.6 is 35.1 Å². The maximum absolute atomic E-state index is 12.5. The summed E-state index contributed by atoms with van der Waals surface area (Å²) in [7, 11) is 0. The average Bonchev–Trinajstić information content (AvgIpc) is 3.45. The summed E-state index contributed by atoms with van der Waals surface area (Å²) < 4.78 is 5.40. The molecule has 1 fully saturated rings. The van der Waals surface area contributed by atoms with Gasteiger partial charge < -0.3 is 14.6 Å². The molecule has 1 aliphatic heterocycles. The van der Waals surface area contributed by atoms with Crippen LogP contribution in [0.3, 0.4) is 0 Å². The van der Waals surface area contributed by atoms with E-state index in [2.05, 4.69) is 5.32 Å². The summed E-state index contributed by atoms with van der Waals surface area (Å²) in [5, 5.41) is 3.63. The van der Waals surface area contributed by atoms with Crippen LogP contribution in [0.15, 0.2) is 71.3 Å². The minimum Gasteiger partial charge on any atom is -0.467 e. The Morgan fingerprint density at radius 2 is 1.94 bits per heavy atom. The van der Waals surface area contributed by atoms with Gasteiger partial charge in [-0.1, -0.05) is 35.9 Å². The molecule has 0 saturated carbocycles. The molecular formula is C24H23ClN2O3S2. The Labute approximate surface area is 200 Å². The van der Waals surface area contributed by atoms with Crippen molar-refractivity contribution in [2.24, 2.45) is 0 Å². The molecular weight excluding hydrogens is 464 g/mol. The quantitative estimate of drug-likeness (QED) is 0.412. The highest BCUT2D eigenvalue weighted by Gasteiger charge is 2.33. The minimum atomic E-state index is -0.0914. The molecule has 1 saturated heterocycles. The number of thioether (sulfide) groups is 2. The Morgan fingerprint density at radius 1 is 1.16 bits per heavy atom. The molecule has 166 valence electrons. The smallest absolute Gasteiger partial charge is 0.251 e. The van der Waals surface area contributed by atoms with Crippen LogP contribution in [0, 0.1) is 0 Å². The number of nitrogens with zero attached hydrogens (tertiary/aromatic N) is 1. The molecule has 2 amide bonds. The van der Waals surface area contributed by atoms with Crippen LogP contribution in [0.5, 0.6) is 0 Å². The molecule has 2 heterocycles. The third kappa shape index (κ3) is 5.91. The summed E-state index contributed by atoms with van der Waals surface area (Å²) in [5.41, 5.74) is 2.83. The van der Waals surface area contributed by atoms with Crippen molar-refractivity contribution < 1.29 is 14.0 Å². The number of rotatable bonds is 9. The average molecular weight is 487 g/mol. The van der Waals surface area contributed by atoms with Gasteiger partial charge in [0, 0.05) is 28.6 Å². The molecule has 1 aromatic heterocycles. The highest BCUT2D eigenvalue weighted by molar-refractivity contribution is 8.00. The zero-order valence-electron chi connectivity index (χ0n) is 17.3. The van der Waals surface area contributed by atoms with Gasteiger partial charge in [-0.2, -0.15) is 11.8 Å². The van der Waals surface area contributed by atoms with E-state index in [0.717, 1.165) is 27.9 Å². The Bertz CT molecular complexity index is 1040. The SMILES string of the molecule is O=C(NCCSCc1ccc(Cl)cc1)c1ccc(C2SCC(=O)N2Cc2ccco2)cc1.